The molecule has 6 heteroatoms. The molecule has 3 N–H and O–H groups in total. The Morgan fingerprint density at radius 1 is 1.56 bits per heavy atom. The van der Waals surface area contributed by atoms with Crippen molar-refractivity contribution in [1.29, 1.82) is 0 Å². The van der Waals surface area contributed by atoms with E-state index < -0.39 is 5.91 Å². The average molecular weight is 251 g/mol. The molecule has 0 bridgehead atoms. The molecule has 2 heterocycles. The number of aromatic amines is 1. The maximum Gasteiger partial charge on any atom is 0.274 e. The van der Waals surface area contributed by atoms with Crippen LogP contribution in [0.1, 0.15) is 23.3 Å². The largest absolute Gasteiger partial charge is 0.392 e. The lowest BCUT2D eigenvalue weighted by Gasteiger charge is -2.29. The van der Waals surface area contributed by atoms with Crippen LogP contribution in [0.3, 0.4) is 0 Å². The zero-order valence-electron chi connectivity index (χ0n) is 10.1. The summed E-state index contributed by atoms with van der Waals surface area (Å²) in [6.45, 7) is 1.41. The fourth-order valence-corrected chi connectivity index (χ4v) is 2.08. The Morgan fingerprint density at radius 2 is 2.39 bits per heavy atom. The first kappa shape index (κ1) is 12.8. The predicted molar refractivity (Wildman–Crippen MR) is 64.9 cm³/mol. The summed E-state index contributed by atoms with van der Waals surface area (Å²) in [5.74, 6) is -0.772. The number of carbonyl (C=O) groups is 2. The number of hydrogen-bond acceptors (Lipinski definition) is 4. The van der Waals surface area contributed by atoms with E-state index in [-0.39, 0.29) is 18.6 Å². The van der Waals surface area contributed by atoms with Crippen molar-refractivity contribution in [2.75, 3.05) is 19.6 Å². The number of H-pyrrole nitrogens is 1. The number of imide groups is 1. The van der Waals surface area contributed by atoms with E-state index in [9.17, 15) is 14.7 Å². The molecule has 1 atom stereocenters. The number of aliphatic hydroxyl groups excluding tert-OH is 1. The van der Waals surface area contributed by atoms with Gasteiger partial charge in [0.05, 0.1) is 12.6 Å². The molecule has 2 rings (SSSR count). The molecule has 0 unspecified atom stereocenters. The molecule has 1 aliphatic rings. The van der Waals surface area contributed by atoms with E-state index in [4.69, 9.17) is 0 Å². The summed E-state index contributed by atoms with van der Waals surface area (Å²) in [4.78, 5) is 27.8. The molecule has 0 saturated carbocycles. The standard InChI is InChI=1S/C12H17N3O3/c16-9-3-2-6-15(7-9)8-11(17)14-12(18)10-4-1-5-13-10/h1,4-5,9,13,16H,2-3,6-8H2,(H,14,17,18)/t9-/m0/s1. The Kier molecular flexibility index (Phi) is 4.11. The van der Waals surface area contributed by atoms with E-state index in [1.807, 2.05) is 4.90 Å². The van der Waals surface area contributed by atoms with Gasteiger partial charge >= 0.3 is 0 Å². The molecule has 6 nitrogen and oxygen atoms in total. The Morgan fingerprint density at radius 3 is 3.06 bits per heavy atom. The van der Waals surface area contributed by atoms with E-state index >= 15 is 0 Å². The van der Waals surface area contributed by atoms with Crippen molar-refractivity contribution in [2.24, 2.45) is 0 Å². The fraction of sp³-hybridized carbons (Fsp3) is 0.500. The first-order valence-electron chi connectivity index (χ1n) is 6.03. The number of hydrogen-bond donors (Lipinski definition) is 3. The van der Waals surface area contributed by atoms with Gasteiger partial charge in [-0.1, -0.05) is 0 Å². The molecule has 0 aliphatic carbocycles. The van der Waals surface area contributed by atoms with E-state index in [2.05, 4.69) is 10.3 Å². The number of aliphatic hydroxyl groups is 1. The topological polar surface area (TPSA) is 85.4 Å². The zero-order chi connectivity index (χ0) is 13.0. The molecule has 0 spiro atoms. The van der Waals surface area contributed by atoms with E-state index in [1.165, 1.54) is 0 Å². The smallest absolute Gasteiger partial charge is 0.274 e. The molecular weight excluding hydrogens is 234 g/mol. The fourth-order valence-electron chi connectivity index (χ4n) is 2.08. The van der Waals surface area contributed by atoms with Crippen molar-refractivity contribution < 1.29 is 14.7 Å². The third-order valence-electron chi connectivity index (χ3n) is 2.94. The zero-order valence-corrected chi connectivity index (χ0v) is 10.1. The van der Waals surface area contributed by atoms with Gasteiger partial charge in [-0.05, 0) is 31.5 Å². The highest BCUT2D eigenvalue weighted by atomic mass is 16.3. The van der Waals surface area contributed by atoms with Gasteiger partial charge < -0.3 is 10.1 Å². The maximum absolute atomic E-state index is 11.7. The molecule has 2 amide bonds. The van der Waals surface area contributed by atoms with Gasteiger partial charge in [0.2, 0.25) is 5.91 Å². The average Bonchev–Trinajstić information content (AvgIpc) is 2.81. The SMILES string of the molecule is O=C(CN1CCC[C@H](O)C1)NC(=O)c1ccc[nH]1. The van der Waals surface area contributed by atoms with Crippen molar-refractivity contribution in [3.8, 4) is 0 Å². The summed E-state index contributed by atoms with van der Waals surface area (Å²) in [5.41, 5.74) is 0.363. The van der Waals surface area contributed by atoms with Crippen molar-refractivity contribution >= 4 is 11.8 Å². The van der Waals surface area contributed by atoms with Crippen LogP contribution >= 0.6 is 0 Å². The summed E-state index contributed by atoms with van der Waals surface area (Å²) in [7, 11) is 0. The molecule has 98 valence electrons. The second-order valence-electron chi connectivity index (χ2n) is 4.49. The number of amides is 2. The third-order valence-corrected chi connectivity index (χ3v) is 2.94. The molecule has 1 saturated heterocycles. The Hall–Kier alpha value is -1.66. The number of nitrogens with zero attached hydrogens (tertiary/aromatic N) is 1. The molecule has 0 aromatic carbocycles. The molecule has 1 aromatic rings. The van der Waals surface area contributed by atoms with Crippen LogP contribution in [0.15, 0.2) is 18.3 Å². The highest BCUT2D eigenvalue weighted by molar-refractivity contribution is 6.04. The summed E-state index contributed by atoms with van der Waals surface area (Å²) in [5, 5.41) is 11.8. The normalized spacial score (nSPS) is 20.6. The summed E-state index contributed by atoms with van der Waals surface area (Å²) in [6.07, 6.45) is 2.91. The number of rotatable bonds is 3. The van der Waals surface area contributed by atoms with Crippen LogP contribution in [0.2, 0.25) is 0 Å². The van der Waals surface area contributed by atoms with Crippen molar-refractivity contribution in [3.05, 3.63) is 24.0 Å². The summed E-state index contributed by atoms with van der Waals surface area (Å²) >= 11 is 0. The highest BCUT2D eigenvalue weighted by Gasteiger charge is 2.20. The second kappa shape index (κ2) is 5.79. The Labute approximate surface area is 105 Å². The lowest BCUT2D eigenvalue weighted by molar-refractivity contribution is -0.121. The van der Waals surface area contributed by atoms with Crippen molar-refractivity contribution in [1.82, 2.24) is 15.2 Å². The third kappa shape index (κ3) is 3.41. The highest BCUT2D eigenvalue weighted by Crippen LogP contribution is 2.08. The second-order valence-corrected chi connectivity index (χ2v) is 4.49. The first-order chi connectivity index (χ1) is 8.65. The maximum atomic E-state index is 11.7. The van der Waals surface area contributed by atoms with Gasteiger partial charge in [-0.2, -0.15) is 0 Å². The number of likely N-dealkylation sites (tertiary alicyclic amines) is 1. The number of piperidine rings is 1. The molecule has 1 fully saturated rings. The van der Waals surface area contributed by atoms with Crippen LogP contribution in [0.25, 0.3) is 0 Å². The minimum atomic E-state index is -0.428. The van der Waals surface area contributed by atoms with Crippen LogP contribution in [0.4, 0.5) is 0 Å². The number of aromatic nitrogens is 1. The van der Waals surface area contributed by atoms with Crippen LogP contribution in [0.5, 0.6) is 0 Å². The van der Waals surface area contributed by atoms with Crippen LogP contribution < -0.4 is 5.32 Å². The van der Waals surface area contributed by atoms with Crippen molar-refractivity contribution in [2.45, 2.75) is 18.9 Å². The van der Waals surface area contributed by atoms with E-state index in [0.717, 1.165) is 19.4 Å². The van der Waals surface area contributed by atoms with Gasteiger partial charge in [-0.15, -0.1) is 0 Å². The quantitative estimate of drug-likeness (QED) is 0.690. The van der Waals surface area contributed by atoms with E-state index in [1.54, 1.807) is 18.3 Å². The first-order valence-corrected chi connectivity index (χ1v) is 6.03. The minimum absolute atomic E-state index is 0.142. The van der Waals surface area contributed by atoms with Gasteiger partial charge in [-0.25, -0.2) is 0 Å². The van der Waals surface area contributed by atoms with Gasteiger partial charge in [0.1, 0.15) is 5.69 Å². The Balaban J connectivity index is 1.80. The van der Waals surface area contributed by atoms with Gasteiger partial charge in [0, 0.05) is 12.7 Å². The predicted octanol–water partition coefficient (Wildman–Crippen LogP) is -0.272. The lowest BCUT2D eigenvalue weighted by atomic mass is 10.1. The molecule has 1 aliphatic heterocycles. The van der Waals surface area contributed by atoms with E-state index in [0.29, 0.717) is 12.2 Å². The van der Waals surface area contributed by atoms with Gasteiger partial charge in [-0.3, -0.25) is 19.8 Å². The summed E-state index contributed by atoms with van der Waals surface area (Å²) < 4.78 is 0. The molecule has 0 radical (unpaired) electrons. The number of β-amino-alcohol motifs (C(OH)–C–C–N with tert-alkyl or cyclic N) is 1. The number of carbonyl (C=O) groups excluding carboxylic acids is 2. The van der Waals surface area contributed by atoms with Gasteiger partial charge in [0.15, 0.2) is 0 Å². The van der Waals surface area contributed by atoms with Crippen LogP contribution in [0, 0.1) is 0 Å². The Bertz CT molecular complexity index is 416. The van der Waals surface area contributed by atoms with Crippen LogP contribution in [-0.4, -0.2) is 52.5 Å². The van der Waals surface area contributed by atoms with Gasteiger partial charge in [0.25, 0.3) is 5.91 Å². The monoisotopic (exact) mass is 251 g/mol. The molecular formula is C12H17N3O3. The van der Waals surface area contributed by atoms with Crippen LogP contribution in [-0.2, 0) is 4.79 Å². The lowest BCUT2D eigenvalue weighted by Crippen LogP contribution is -2.45. The molecule has 1 aromatic heterocycles. The molecule has 18 heavy (non-hydrogen) atoms. The minimum Gasteiger partial charge on any atom is -0.392 e. The number of nitrogens with one attached hydrogen (secondary N) is 2. The summed E-state index contributed by atoms with van der Waals surface area (Å²) in [6, 6.07) is 3.30. The van der Waals surface area contributed by atoms with Crippen molar-refractivity contribution in [3.63, 3.8) is 0 Å².